The van der Waals surface area contributed by atoms with E-state index in [1.165, 1.54) is 56.1 Å². The first kappa shape index (κ1) is 15.7. The molecule has 0 N–H and O–H groups in total. The average molecular weight is 264 g/mol. The number of hydrogen-bond acceptors (Lipinski definition) is 0. The summed E-state index contributed by atoms with van der Waals surface area (Å²) in [5.41, 5.74) is 2.80. The summed E-state index contributed by atoms with van der Waals surface area (Å²) in [5, 5.41) is 0. The second-order valence-corrected chi connectivity index (χ2v) is 6.04. The van der Waals surface area contributed by atoms with Gasteiger partial charge in [0.2, 0.25) is 0 Å². The van der Waals surface area contributed by atoms with E-state index in [-0.39, 0.29) is 0 Å². The van der Waals surface area contributed by atoms with Gasteiger partial charge in [-0.1, -0.05) is 75.3 Å². The minimum atomic E-state index is 1.11. The second kappa shape index (κ2) is 9.56. The van der Waals surface area contributed by atoms with E-state index in [9.17, 15) is 0 Å². The molecule has 0 nitrogen and oxygen atoms in total. The molecule has 0 spiro atoms. The van der Waals surface area contributed by atoms with Gasteiger partial charge in [-0.2, -0.15) is 0 Å². The smallest absolute Gasteiger partial charge is 0.0244 e. The fourth-order valence-electron chi connectivity index (χ4n) is 2.74. The molecule has 1 aromatic rings. The lowest BCUT2D eigenvalue weighted by Gasteiger charge is -2.03. The second-order valence-electron chi connectivity index (χ2n) is 5.47. The minimum absolute atomic E-state index is 1.11. The van der Waals surface area contributed by atoms with Crippen molar-refractivity contribution in [2.45, 2.75) is 58.8 Å². The zero-order valence-corrected chi connectivity index (χ0v) is 13.3. The topological polar surface area (TPSA) is 0 Å². The Morgan fingerprint density at radius 3 is 2.50 bits per heavy atom. The molecule has 1 saturated carbocycles. The number of hydrogen-bond donors (Lipinski definition) is 0. The maximum absolute atomic E-state index is 2.74. The van der Waals surface area contributed by atoms with E-state index in [0.717, 1.165) is 12.1 Å². The zero-order valence-electron chi connectivity index (χ0n) is 12.1. The Balaban J connectivity index is 0.000000184. The van der Waals surface area contributed by atoms with Crippen LogP contribution in [0.4, 0.5) is 0 Å². The Kier molecular flexibility index (Phi) is 8.34. The van der Waals surface area contributed by atoms with Crippen LogP contribution in [0.3, 0.4) is 0 Å². The van der Waals surface area contributed by atoms with Crippen LogP contribution in [0.25, 0.3) is 0 Å². The van der Waals surface area contributed by atoms with Gasteiger partial charge in [0.1, 0.15) is 0 Å². The molecular formula is C17H29P. The first-order chi connectivity index (χ1) is 8.76. The highest BCUT2D eigenvalue weighted by atomic mass is 31.0. The van der Waals surface area contributed by atoms with Gasteiger partial charge in [0.25, 0.3) is 0 Å². The average Bonchev–Trinajstić information content (AvgIpc) is 2.84. The Morgan fingerprint density at radius 1 is 1.22 bits per heavy atom. The van der Waals surface area contributed by atoms with Crippen LogP contribution in [0.15, 0.2) is 24.3 Å². The Hall–Kier alpha value is -0.350. The van der Waals surface area contributed by atoms with Gasteiger partial charge in [-0.25, -0.2) is 0 Å². The lowest BCUT2D eigenvalue weighted by Crippen LogP contribution is -1.89. The van der Waals surface area contributed by atoms with Crippen LogP contribution in [-0.4, -0.2) is 6.16 Å². The molecule has 1 fully saturated rings. The molecule has 1 aliphatic carbocycles. The van der Waals surface area contributed by atoms with Gasteiger partial charge in [-0.15, -0.1) is 9.24 Å². The highest BCUT2D eigenvalue weighted by molar-refractivity contribution is 7.16. The van der Waals surface area contributed by atoms with Crippen LogP contribution in [-0.2, 0) is 6.42 Å². The van der Waals surface area contributed by atoms with E-state index in [1.54, 1.807) is 0 Å². The summed E-state index contributed by atoms with van der Waals surface area (Å²) in [6, 6.07) is 8.67. The van der Waals surface area contributed by atoms with Crippen LogP contribution < -0.4 is 0 Å². The number of benzene rings is 1. The molecule has 1 aliphatic rings. The van der Waals surface area contributed by atoms with Crippen LogP contribution >= 0.6 is 9.24 Å². The molecule has 2 rings (SSSR count). The SMILES string of the molecule is CCCC1CCCC1.Cc1cccc(CCP)c1. The molecule has 0 radical (unpaired) electrons. The highest BCUT2D eigenvalue weighted by Crippen LogP contribution is 2.27. The van der Waals surface area contributed by atoms with E-state index < -0.39 is 0 Å². The molecule has 1 atom stereocenters. The van der Waals surface area contributed by atoms with Gasteiger partial charge in [0.05, 0.1) is 0 Å². The Bertz CT molecular complexity index is 313. The molecule has 102 valence electrons. The van der Waals surface area contributed by atoms with Crippen molar-refractivity contribution in [1.29, 1.82) is 0 Å². The summed E-state index contributed by atoms with van der Waals surface area (Å²) in [5.74, 6) is 1.11. The minimum Gasteiger partial charge on any atom is -0.137 e. The molecule has 0 saturated heterocycles. The third kappa shape index (κ3) is 6.55. The Labute approximate surface area is 116 Å². The molecule has 0 amide bonds. The predicted octanol–water partition coefficient (Wildman–Crippen LogP) is 5.39. The quantitative estimate of drug-likeness (QED) is 0.640. The molecule has 0 heterocycles. The molecule has 1 heteroatoms. The first-order valence-corrected chi connectivity index (χ1v) is 8.33. The number of aryl methyl sites for hydroxylation is 2. The molecule has 18 heavy (non-hydrogen) atoms. The normalized spacial score (nSPS) is 15.3. The summed E-state index contributed by atoms with van der Waals surface area (Å²) in [6.07, 6.45) is 11.3. The summed E-state index contributed by atoms with van der Waals surface area (Å²) in [7, 11) is 2.74. The maximum Gasteiger partial charge on any atom is -0.0244 e. The molecule has 0 aromatic heterocycles. The maximum atomic E-state index is 2.74. The summed E-state index contributed by atoms with van der Waals surface area (Å²) < 4.78 is 0. The molecule has 1 aromatic carbocycles. The molecule has 0 aliphatic heterocycles. The summed E-state index contributed by atoms with van der Waals surface area (Å²) in [6.45, 7) is 4.42. The van der Waals surface area contributed by atoms with E-state index >= 15 is 0 Å². The lowest BCUT2D eigenvalue weighted by atomic mass is 10.0. The highest BCUT2D eigenvalue weighted by Gasteiger charge is 2.12. The fraction of sp³-hybridized carbons (Fsp3) is 0.647. The van der Waals surface area contributed by atoms with E-state index in [0.29, 0.717) is 0 Å². The molecule has 0 bridgehead atoms. The summed E-state index contributed by atoms with van der Waals surface area (Å²) >= 11 is 0. The van der Waals surface area contributed by atoms with Crippen LogP contribution in [0.5, 0.6) is 0 Å². The first-order valence-electron chi connectivity index (χ1n) is 7.52. The van der Waals surface area contributed by atoms with Gasteiger partial charge >= 0.3 is 0 Å². The van der Waals surface area contributed by atoms with Gasteiger partial charge in [0, 0.05) is 0 Å². The van der Waals surface area contributed by atoms with Crippen LogP contribution in [0.2, 0.25) is 0 Å². The standard InChI is InChI=1S/C9H13P.C8H16/c1-8-3-2-4-9(7-8)5-6-10;1-2-5-8-6-3-4-7-8/h2-4,7H,5-6,10H2,1H3;8H,2-7H2,1H3. The lowest BCUT2D eigenvalue weighted by molar-refractivity contribution is 0.496. The largest absolute Gasteiger partial charge is 0.137 e. The van der Waals surface area contributed by atoms with Crippen molar-refractivity contribution in [3.05, 3.63) is 35.4 Å². The van der Waals surface area contributed by atoms with Crippen molar-refractivity contribution in [2.75, 3.05) is 6.16 Å². The van der Waals surface area contributed by atoms with Crippen LogP contribution in [0, 0.1) is 12.8 Å². The Morgan fingerprint density at radius 2 is 1.94 bits per heavy atom. The van der Waals surface area contributed by atoms with Crippen molar-refractivity contribution < 1.29 is 0 Å². The molecular weight excluding hydrogens is 235 g/mol. The van der Waals surface area contributed by atoms with Crippen LogP contribution in [0.1, 0.15) is 56.6 Å². The van der Waals surface area contributed by atoms with Gasteiger partial charge < -0.3 is 0 Å². The predicted molar refractivity (Wildman–Crippen MR) is 86.3 cm³/mol. The van der Waals surface area contributed by atoms with E-state index in [4.69, 9.17) is 0 Å². The van der Waals surface area contributed by atoms with Gasteiger partial charge in [0.15, 0.2) is 0 Å². The van der Waals surface area contributed by atoms with Crippen molar-refractivity contribution >= 4 is 9.24 Å². The third-order valence-corrected chi connectivity index (χ3v) is 3.98. The van der Waals surface area contributed by atoms with Gasteiger partial charge in [-0.3, -0.25) is 0 Å². The zero-order chi connectivity index (χ0) is 13.2. The van der Waals surface area contributed by atoms with E-state index in [1.807, 2.05) is 0 Å². The summed E-state index contributed by atoms with van der Waals surface area (Å²) in [4.78, 5) is 0. The van der Waals surface area contributed by atoms with Crippen molar-refractivity contribution in [3.8, 4) is 0 Å². The van der Waals surface area contributed by atoms with Crippen molar-refractivity contribution in [3.63, 3.8) is 0 Å². The monoisotopic (exact) mass is 264 g/mol. The van der Waals surface area contributed by atoms with Crippen molar-refractivity contribution in [2.24, 2.45) is 5.92 Å². The third-order valence-electron chi connectivity index (χ3n) is 3.69. The van der Waals surface area contributed by atoms with Gasteiger partial charge in [-0.05, 0) is 31.0 Å². The number of rotatable bonds is 4. The fourth-order valence-corrected chi connectivity index (χ4v) is 3.07. The van der Waals surface area contributed by atoms with E-state index in [2.05, 4.69) is 47.4 Å². The molecule has 1 unspecified atom stereocenters. The van der Waals surface area contributed by atoms with Crippen molar-refractivity contribution in [1.82, 2.24) is 0 Å².